The fourth-order valence-electron chi connectivity index (χ4n) is 2.37. The third-order valence-electron chi connectivity index (χ3n) is 3.79. The molecule has 0 aromatic rings. The molecule has 0 atom stereocenters. The molecule has 1 fully saturated rings. The van der Waals surface area contributed by atoms with E-state index in [4.69, 9.17) is 5.73 Å². The molecule has 2 N–H and O–H groups in total. The van der Waals surface area contributed by atoms with Crippen molar-refractivity contribution >= 4 is 0 Å². The van der Waals surface area contributed by atoms with E-state index < -0.39 is 0 Å². The van der Waals surface area contributed by atoms with Crippen LogP contribution in [0.25, 0.3) is 0 Å². The van der Waals surface area contributed by atoms with Crippen molar-refractivity contribution in [2.75, 3.05) is 26.2 Å². The van der Waals surface area contributed by atoms with Crippen LogP contribution in [0, 0.1) is 5.41 Å². The summed E-state index contributed by atoms with van der Waals surface area (Å²) >= 11 is 0. The standard InChI is InChI=1S/C12H26N2/c1-3-9-14(4-2)10-8-12(11-13)6-5-7-12/h3-11,13H2,1-2H3. The van der Waals surface area contributed by atoms with Crippen molar-refractivity contribution in [3.05, 3.63) is 0 Å². The van der Waals surface area contributed by atoms with Crippen LogP contribution in [-0.4, -0.2) is 31.1 Å². The fourth-order valence-corrected chi connectivity index (χ4v) is 2.37. The van der Waals surface area contributed by atoms with Gasteiger partial charge in [0.25, 0.3) is 0 Å². The van der Waals surface area contributed by atoms with Gasteiger partial charge in [-0.25, -0.2) is 0 Å². The lowest BCUT2D eigenvalue weighted by Crippen LogP contribution is -2.40. The Kier molecular flexibility index (Phi) is 4.90. The van der Waals surface area contributed by atoms with Gasteiger partial charge < -0.3 is 10.6 Å². The summed E-state index contributed by atoms with van der Waals surface area (Å²) in [6.45, 7) is 9.10. The van der Waals surface area contributed by atoms with E-state index in [1.807, 2.05) is 0 Å². The van der Waals surface area contributed by atoms with Crippen LogP contribution in [-0.2, 0) is 0 Å². The van der Waals surface area contributed by atoms with Crippen molar-refractivity contribution in [2.24, 2.45) is 11.1 Å². The van der Waals surface area contributed by atoms with E-state index in [0.717, 1.165) is 6.54 Å². The summed E-state index contributed by atoms with van der Waals surface area (Å²) < 4.78 is 0. The van der Waals surface area contributed by atoms with Gasteiger partial charge >= 0.3 is 0 Å². The zero-order valence-corrected chi connectivity index (χ0v) is 9.89. The molecule has 1 aliphatic rings. The summed E-state index contributed by atoms with van der Waals surface area (Å²) in [5.74, 6) is 0. The van der Waals surface area contributed by atoms with Gasteiger partial charge in [0, 0.05) is 0 Å². The molecule has 1 aliphatic carbocycles. The van der Waals surface area contributed by atoms with E-state index in [1.54, 1.807) is 0 Å². The van der Waals surface area contributed by atoms with Crippen molar-refractivity contribution in [1.29, 1.82) is 0 Å². The highest BCUT2D eigenvalue weighted by Gasteiger charge is 2.35. The summed E-state index contributed by atoms with van der Waals surface area (Å²) in [7, 11) is 0. The monoisotopic (exact) mass is 198 g/mol. The van der Waals surface area contributed by atoms with Crippen LogP contribution >= 0.6 is 0 Å². The van der Waals surface area contributed by atoms with Gasteiger partial charge in [-0.2, -0.15) is 0 Å². The van der Waals surface area contributed by atoms with Crippen LogP contribution in [0.4, 0.5) is 0 Å². The zero-order valence-electron chi connectivity index (χ0n) is 9.89. The minimum Gasteiger partial charge on any atom is -0.330 e. The molecule has 0 aromatic carbocycles. The maximum absolute atomic E-state index is 5.85. The predicted octanol–water partition coefficient (Wildman–Crippen LogP) is 2.24. The molecular formula is C12H26N2. The van der Waals surface area contributed by atoms with Gasteiger partial charge in [-0.3, -0.25) is 0 Å². The first kappa shape index (κ1) is 12.0. The van der Waals surface area contributed by atoms with Gasteiger partial charge in [-0.15, -0.1) is 0 Å². The van der Waals surface area contributed by atoms with E-state index in [-0.39, 0.29) is 0 Å². The molecular weight excluding hydrogens is 172 g/mol. The Hall–Kier alpha value is -0.0800. The number of hydrogen-bond acceptors (Lipinski definition) is 2. The predicted molar refractivity (Wildman–Crippen MR) is 62.4 cm³/mol. The normalized spacial score (nSPS) is 19.7. The molecule has 1 saturated carbocycles. The van der Waals surface area contributed by atoms with E-state index >= 15 is 0 Å². The second kappa shape index (κ2) is 5.72. The minimum absolute atomic E-state index is 0.529. The van der Waals surface area contributed by atoms with Crippen LogP contribution in [0.2, 0.25) is 0 Å². The second-order valence-corrected chi connectivity index (χ2v) is 4.74. The summed E-state index contributed by atoms with van der Waals surface area (Å²) in [5.41, 5.74) is 6.38. The molecule has 0 amide bonds. The Labute approximate surface area is 88.8 Å². The molecule has 2 nitrogen and oxygen atoms in total. The SMILES string of the molecule is CCCN(CC)CCC1(CN)CCC1. The van der Waals surface area contributed by atoms with Crippen molar-refractivity contribution in [1.82, 2.24) is 4.90 Å². The third kappa shape index (κ3) is 2.96. The van der Waals surface area contributed by atoms with Crippen molar-refractivity contribution in [3.63, 3.8) is 0 Å². The van der Waals surface area contributed by atoms with Gasteiger partial charge in [0.15, 0.2) is 0 Å². The minimum atomic E-state index is 0.529. The molecule has 1 rings (SSSR count). The molecule has 0 heterocycles. The largest absolute Gasteiger partial charge is 0.330 e. The first-order valence-electron chi connectivity index (χ1n) is 6.19. The first-order valence-corrected chi connectivity index (χ1v) is 6.19. The lowest BCUT2D eigenvalue weighted by Gasteiger charge is -2.42. The third-order valence-corrected chi connectivity index (χ3v) is 3.79. The number of nitrogens with two attached hydrogens (primary N) is 1. The van der Waals surface area contributed by atoms with E-state index in [9.17, 15) is 0 Å². The Bertz CT molecular complexity index is 147. The summed E-state index contributed by atoms with van der Waals surface area (Å²) in [6, 6.07) is 0. The van der Waals surface area contributed by atoms with Crippen molar-refractivity contribution < 1.29 is 0 Å². The molecule has 0 saturated heterocycles. The molecule has 0 aromatic heterocycles. The number of hydrogen-bond donors (Lipinski definition) is 1. The average Bonchev–Trinajstić information content (AvgIpc) is 2.15. The molecule has 0 aliphatic heterocycles. The van der Waals surface area contributed by atoms with Crippen LogP contribution in [0.15, 0.2) is 0 Å². The van der Waals surface area contributed by atoms with Crippen LogP contribution in [0.5, 0.6) is 0 Å². The van der Waals surface area contributed by atoms with Crippen LogP contribution in [0.3, 0.4) is 0 Å². The van der Waals surface area contributed by atoms with Crippen LogP contribution in [0.1, 0.15) is 46.0 Å². The van der Waals surface area contributed by atoms with Gasteiger partial charge in [-0.05, 0) is 57.3 Å². The van der Waals surface area contributed by atoms with Crippen molar-refractivity contribution in [3.8, 4) is 0 Å². The quantitative estimate of drug-likeness (QED) is 0.680. The molecule has 0 radical (unpaired) electrons. The van der Waals surface area contributed by atoms with Crippen LogP contribution < -0.4 is 5.73 Å². The lowest BCUT2D eigenvalue weighted by molar-refractivity contribution is 0.107. The molecule has 0 bridgehead atoms. The second-order valence-electron chi connectivity index (χ2n) is 4.74. The highest BCUT2D eigenvalue weighted by atomic mass is 15.1. The zero-order chi connectivity index (χ0) is 10.4. The number of rotatable bonds is 7. The van der Waals surface area contributed by atoms with Gasteiger partial charge in [0.1, 0.15) is 0 Å². The maximum atomic E-state index is 5.85. The van der Waals surface area contributed by atoms with Gasteiger partial charge in [-0.1, -0.05) is 20.3 Å². The molecule has 0 spiro atoms. The molecule has 84 valence electrons. The highest BCUT2D eigenvalue weighted by molar-refractivity contribution is 4.89. The summed E-state index contributed by atoms with van der Waals surface area (Å²) in [6.07, 6.45) is 6.72. The topological polar surface area (TPSA) is 29.3 Å². The summed E-state index contributed by atoms with van der Waals surface area (Å²) in [5, 5.41) is 0. The fraction of sp³-hybridized carbons (Fsp3) is 1.00. The Balaban J connectivity index is 2.22. The molecule has 2 heteroatoms. The summed E-state index contributed by atoms with van der Waals surface area (Å²) in [4.78, 5) is 2.55. The highest BCUT2D eigenvalue weighted by Crippen LogP contribution is 2.42. The lowest BCUT2D eigenvalue weighted by atomic mass is 9.66. The van der Waals surface area contributed by atoms with Gasteiger partial charge in [0.05, 0.1) is 0 Å². The Morgan fingerprint density at radius 1 is 1.21 bits per heavy atom. The van der Waals surface area contributed by atoms with Gasteiger partial charge in [0.2, 0.25) is 0 Å². The molecule has 0 unspecified atom stereocenters. The van der Waals surface area contributed by atoms with E-state index in [1.165, 1.54) is 51.7 Å². The maximum Gasteiger partial charge on any atom is -0.00131 e. The smallest absolute Gasteiger partial charge is 0.00131 e. The number of nitrogens with zero attached hydrogens (tertiary/aromatic N) is 1. The van der Waals surface area contributed by atoms with E-state index in [2.05, 4.69) is 18.7 Å². The Morgan fingerprint density at radius 2 is 1.93 bits per heavy atom. The Morgan fingerprint density at radius 3 is 2.29 bits per heavy atom. The first-order chi connectivity index (χ1) is 6.76. The van der Waals surface area contributed by atoms with Crippen molar-refractivity contribution in [2.45, 2.75) is 46.0 Å². The molecule has 14 heavy (non-hydrogen) atoms. The van der Waals surface area contributed by atoms with E-state index in [0.29, 0.717) is 5.41 Å². The average molecular weight is 198 g/mol.